The molecule has 3 aromatic rings. The molecule has 2 fully saturated rings. The van der Waals surface area contributed by atoms with Gasteiger partial charge in [-0.2, -0.15) is 4.98 Å². The predicted octanol–water partition coefficient (Wildman–Crippen LogP) is 4.90. The minimum atomic E-state index is -2.56. The number of piperidine rings is 1. The van der Waals surface area contributed by atoms with Crippen LogP contribution < -0.4 is 25.6 Å². The number of carbonyl (C=O) groups excluding carboxylic acids is 1. The summed E-state index contributed by atoms with van der Waals surface area (Å²) in [5.41, 5.74) is 1.57. The number of likely N-dealkylation sites (tertiary alicyclic amines) is 1. The van der Waals surface area contributed by atoms with Crippen molar-refractivity contribution in [3.63, 3.8) is 0 Å². The number of para-hydroxylation sites is 1. The molecule has 3 aliphatic heterocycles. The van der Waals surface area contributed by atoms with Crippen LogP contribution in [-0.2, 0) is 9.36 Å². The third kappa shape index (κ3) is 6.30. The van der Waals surface area contributed by atoms with Crippen molar-refractivity contribution in [2.75, 3.05) is 68.2 Å². The summed E-state index contributed by atoms with van der Waals surface area (Å²) in [4.78, 5) is 27.0. The average Bonchev–Trinajstić information content (AvgIpc) is 2.98. The van der Waals surface area contributed by atoms with Gasteiger partial charge in [-0.3, -0.25) is 9.69 Å². The van der Waals surface area contributed by atoms with Gasteiger partial charge in [-0.1, -0.05) is 23.7 Å². The Labute approximate surface area is 255 Å². The van der Waals surface area contributed by atoms with Crippen molar-refractivity contribution in [1.82, 2.24) is 19.8 Å². The summed E-state index contributed by atoms with van der Waals surface area (Å²) in [6, 6.07) is 11.0. The van der Waals surface area contributed by atoms with E-state index in [1.165, 1.54) is 12.3 Å². The molecule has 13 heteroatoms. The van der Waals surface area contributed by atoms with E-state index in [1.807, 2.05) is 29.2 Å². The van der Waals surface area contributed by atoms with Crippen LogP contribution in [0.2, 0.25) is 5.02 Å². The number of halogens is 2. The molecule has 0 spiro atoms. The summed E-state index contributed by atoms with van der Waals surface area (Å²) in [7, 11) is -2.56. The van der Waals surface area contributed by atoms with Crippen LogP contribution in [-0.4, -0.2) is 90.4 Å². The van der Waals surface area contributed by atoms with Gasteiger partial charge in [-0.25, -0.2) is 9.37 Å². The Morgan fingerprint density at radius 3 is 2.60 bits per heavy atom. The van der Waals surface area contributed by atoms with Crippen molar-refractivity contribution in [1.29, 1.82) is 0 Å². The molecule has 228 valence electrons. The highest BCUT2D eigenvalue weighted by Gasteiger charge is 2.38. The van der Waals surface area contributed by atoms with Gasteiger partial charge in [-0.15, -0.1) is 0 Å². The molecule has 10 nitrogen and oxygen atoms in total. The zero-order valence-corrected chi connectivity index (χ0v) is 26.2. The number of amides is 1. The minimum Gasteiger partial charge on any atom is -0.489 e. The van der Waals surface area contributed by atoms with E-state index >= 15 is 4.39 Å². The molecule has 1 amide bonds. The molecule has 3 aliphatic rings. The fraction of sp³-hybridized carbons (Fsp3) is 0.433. The van der Waals surface area contributed by atoms with E-state index < -0.39 is 7.14 Å². The lowest BCUT2D eigenvalue weighted by Crippen LogP contribution is -2.60. The Balaban J connectivity index is 1.15. The van der Waals surface area contributed by atoms with Gasteiger partial charge >= 0.3 is 0 Å². The highest BCUT2D eigenvalue weighted by molar-refractivity contribution is 7.70. The van der Waals surface area contributed by atoms with E-state index in [2.05, 4.69) is 30.4 Å². The van der Waals surface area contributed by atoms with Gasteiger partial charge in [0.25, 0.3) is 0 Å². The second-order valence-electron chi connectivity index (χ2n) is 11.7. The van der Waals surface area contributed by atoms with E-state index in [-0.39, 0.29) is 28.7 Å². The van der Waals surface area contributed by atoms with Crippen LogP contribution in [0.15, 0.2) is 42.6 Å². The first-order valence-electron chi connectivity index (χ1n) is 14.5. The zero-order valence-electron chi connectivity index (χ0n) is 24.5. The third-order valence-corrected chi connectivity index (χ3v) is 10.3. The molecule has 0 bridgehead atoms. The van der Waals surface area contributed by atoms with E-state index in [0.29, 0.717) is 53.1 Å². The fourth-order valence-corrected chi connectivity index (χ4v) is 7.53. The van der Waals surface area contributed by atoms with E-state index in [0.717, 1.165) is 39.0 Å². The number of nitrogens with one attached hydrogen (secondary N) is 2. The number of hydrogen-bond donors (Lipinski definition) is 2. The topological polar surface area (TPSA) is 103 Å². The highest BCUT2D eigenvalue weighted by atomic mass is 35.5. The number of carbonyl (C=O) groups is 1. The van der Waals surface area contributed by atoms with Crippen molar-refractivity contribution in [2.24, 2.45) is 0 Å². The van der Waals surface area contributed by atoms with E-state index in [4.69, 9.17) is 16.3 Å². The number of nitrogens with zero attached hydrogens (tertiary/aromatic N) is 5. The van der Waals surface area contributed by atoms with Gasteiger partial charge in [0.15, 0.2) is 11.6 Å². The van der Waals surface area contributed by atoms with Gasteiger partial charge in [0.1, 0.15) is 30.2 Å². The molecule has 1 atom stereocenters. The normalized spacial score (nSPS) is 19.3. The largest absolute Gasteiger partial charge is 0.489 e. The Kier molecular flexibility index (Phi) is 8.24. The zero-order chi connectivity index (χ0) is 30.3. The SMILES string of the molecule is CC(=O)N1CCC(N2CCN3c4c(F)cc(Nc5ncc(Cl)c(Nc6ccccc6P(C)(C)=O)n5)cc4OC[C@H]3C2)CC1. The van der Waals surface area contributed by atoms with E-state index in [1.54, 1.807) is 26.3 Å². The number of benzene rings is 2. The van der Waals surface area contributed by atoms with Gasteiger partial charge < -0.3 is 29.7 Å². The molecule has 2 saturated heterocycles. The molecular weight excluding hydrogens is 592 g/mol. The fourth-order valence-electron chi connectivity index (χ4n) is 6.24. The van der Waals surface area contributed by atoms with Gasteiger partial charge in [0, 0.05) is 62.7 Å². The molecule has 0 unspecified atom stereocenters. The third-order valence-electron chi connectivity index (χ3n) is 8.42. The maximum Gasteiger partial charge on any atom is 0.229 e. The molecule has 2 aromatic carbocycles. The molecule has 2 N–H and O–H groups in total. The predicted molar refractivity (Wildman–Crippen MR) is 169 cm³/mol. The van der Waals surface area contributed by atoms with Crippen molar-refractivity contribution in [3.8, 4) is 5.75 Å². The lowest BCUT2D eigenvalue weighted by atomic mass is 9.99. The molecule has 0 radical (unpaired) electrons. The quantitative estimate of drug-likeness (QED) is 0.370. The number of hydrogen-bond acceptors (Lipinski definition) is 9. The van der Waals surface area contributed by atoms with Gasteiger partial charge in [0.05, 0.1) is 17.9 Å². The standard InChI is InChI=1S/C30H36ClFN7O3P/c1-19(40)37-10-8-21(9-11-37)38-12-13-39-22(17-38)18-42-26-15-20(14-24(32)28(26)39)34-30-33-16-23(31)29(36-30)35-25-6-4-5-7-27(25)43(2,3)41/h4-7,14-16,21-22H,8-13,17-18H2,1-3H3,(H2,33,34,35,36)/t22-/m1/s1. The Morgan fingerprint density at radius 2 is 1.86 bits per heavy atom. The number of aromatic nitrogens is 2. The second kappa shape index (κ2) is 11.9. The monoisotopic (exact) mass is 627 g/mol. The number of fused-ring (bicyclic) bond motifs is 3. The number of rotatable bonds is 6. The van der Waals surface area contributed by atoms with Crippen molar-refractivity contribution < 1.29 is 18.5 Å². The Hall–Kier alpha value is -3.40. The first-order chi connectivity index (χ1) is 20.6. The van der Waals surface area contributed by atoms with Crippen LogP contribution in [0.4, 0.5) is 33.2 Å². The Bertz CT molecular complexity index is 1580. The molecule has 4 heterocycles. The minimum absolute atomic E-state index is 0.0538. The first kappa shape index (κ1) is 29.7. The number of piperazine rings is 1. The number of anilines is 5. The highest BCUT2D eigenvalue weighted by Crippen LogP contribution is 2.41. The van der Waals surface area contributed by atoms with Crippen molar-refractivity contribution >= 4 is 58.8 Å². The number of ether oxygens (including phenoxy) is 1. The summed E-state index contributed by atoms with van der Waals surface area (Å²) in [5.74, 6) is 0.789. The molecule has 0 saturated carbocycles. The maximum absolute atomic E-state index is 15.6. The van der Waals surface area contributed by atoms with Gasteiger partial charge in [-0.05, 0) is 44.4 Å². The summed E-state index contributed by atoms with van der Waals surface area (Å²) in [6.07, 6.45) is 3.38. The summed E-state index contributed by atoms with van der Waals surface area (Å²) < 4.78 is 34.5. The van der Waals surface area contributed by atoms with Crippen molar-refractivity contribution in [3.05, 3.63) is 53.4 Å². The maximum atomic E-state index is 15.6. The van der Waals surface area contributed by atoms with E-state index in [9.17, 15) is 9.36 Å². The van der Waals surface area contributed by atoms with Gasteiger partial charge in [0.2, 0.25) is 11.9 Å². The van der Waals surface area contributed by atoms with Crippen molar-refractivity contribution in [2.45, 2.75) is 31.8 Å². The van der Waals surface area contributed by atoms with Crippen LogP contribution in [0, 0.1) is 5.82 Å². The summed E-state index contributed by atoms with van der Waals surface area (Å²) >= 11 is 6.39. The lowest BCUT2D eigenvalue weighted by molar-refractivity contribution is -0.130. The molecule has 6 rings (SSSR count). The van der Waals surface area contributed by atoms with Crippen LogP contribution in [0.5, 0.6) is 5.75 Å². The molecule has 1 aromatic heterocycles. The van der Waals surface area contributed by atoms with Crippen LogP contribution >= 0.6 is 18.7 Å². The molecule has 43 heavy (non-hydrogen) atoms. The summed E-state index contributed by atoms with van der Waals surface area (Å²) in [5, 5.41) is 7.23. The van der Waals surface area contributed by atoms with Crippen LogP contribution in [0.25, 0.3) is 0 Å². The molecule has 0 aliphatic carbocycles. The second-order valence-corrected chi connectivity index (χ2v) is 15.3. The first-order valence-corrected chi connectivity index (χ1v) is 17.5. The smallest absolute Gasteiger partial charge is 0.229 e. The van der Waals surface area contributed by atoms with Crippen LogP contribution in [0.3, 0.4) is 0 Å². The Morgan fingerprint density at radius 1 is 1.09 bits per heavy atom. The average molecular weight is 628 g/mol. The molecular formula is C30H36ClFN7O3P. The lowest BCUT2D eigenvalue weighted by Gasteiger charge is -2.49. The van der Waals surface area contributed by atoms with Crippen LogP contribution in [0.1, 0.15) is 19.8 Å². The summed E-state index contributed by atoms with van der Waals surface area (Å²) in [6.45, 7) is 9.42.